The van der Waals surface area contributed by atoms with Gasteiger partial charge in [0.05, 0.1) is 24.2 Å². The van der Waals surface area contributed by atoms with Crippen molar-refractivity contribution in [2.24, 2.45) is 0 Å². The molecule has 0 spiro atoms. The Kier molecular flexibility index (Phi) is 4.12. The van der Waals surface area contributed by atoms with E-state index < -0.39 is 0 Å². The fourth-order valence-electron chi connectivity index (χ4n) is 3.55. The Morgan fingerprint density at radius 1 is 1.15 bits per heavy atom. The predicted octanol–water partition coefficient (Wildman–Crippen LogP) is 1.93. The summed E-state index contributed by atoms with van der Waals surface area (Å²) in [4.78, 5) is 11.0. The normalized spacial score (nSPS) is 16.2. The average Bonchev–Trinajstić information content (AvgIpc) is 3.04. The topological polar surface area (TPSA) is 108 Å². The minimum absolute atomic E-state index is 0.299. The van der Waals surface area contributed by atoms with Crippen molar-refractivity contribution in [1.82, 2.24) is 24.6 Å². The quantitative estimate of drug-likeness (QED) is 0.693. The Hall–Kier alpha value is -2.87. The van der Waals surface area contributed by atoms with E-state index in [1.165, 1.54) is 6.33 Å². The second-order valence-electron chi connectivity index (χ2n) is 6.74. The molecule has 3 heterocycles. The molecule has 1 aliphatic heterocycles. The number of fused-ring (bicyclic) bond motifs is 1. The van der Waals surface area contributed by atoms with Crippen LogP contribution in [0.5, 0.6) is 5.75 Å². The number of anilines is 2. The molecule has 4 rings (SSSR count). The minimum atomic E-state index is 0.299. The van der Waals surface area contributed by atoms with Gasteiger partial charge in [-0.1, -0.05) is 6.07 Å². The van der Waals surface area contributed by atoms with Crippen LogP contribution in [0.2, 0.25) is 0 Å². The van der Waals surface area contributed by atoms with E-state index in [0.29, 0.717) is 23.3 Å². The van der Waals surface area contributed by atoms with Gasteiger partial charge in [0.25, 0.3) is 0 Å². The summed E-state index contributed by atoms with van der Waals surface area (Å²) in [5, 5.41) is 5.67. The second-order valence-corrected chi connectivity index (χ2v) is 6.74. The van der Waals surface area contributed by atoms with Crippen molar-refractivity contribution >= 4 is 22.5 Å². The van der Waals surface area contributed by atoms with Crippen LogP contribution in [0, 0.1) is 0 Å². The summed E-state index contributed by atoms with van der Waals surface area (Å²) < 4.78 is 7.37. The molecule has 1 aliphatic rings. The standard InChI is InChI=1S/C18H23N7O/c1-24-7-5-12(6-8-24)25-18-15(17(20)21-10-22-18)16(23-25)11-3-4-13(19)14(9-11)26-2/h3-4,9-10,12H,5-8,19H2,1-2H3,(H2,20,21,22). The molecule has 3 aromatic rings. The van der Waals surface area contributed by atoms with Crippen molar-refractivity contribution in [2.75, 3.05) is 38.7 Å². The maximum atomic E-state index is 6.19. The molecule has 8 heteroatoms. The highest BCUT2D eigenvalue weighted by atomic mass is 16.5. The van der Waals surface area contributed by atoms with Crippen molar-refractivity contribution in [3.63, 3.8) is 0 Å². The molecular weight excluding hydrogens is 330 g/mol. The minimum Gasteiger partial charge on any atom is -0.495 e. The summed E-state index contributed by atoms with van der Waals surface area (Å²) in [6.07, 6.45) is 3.56. The van der Waals surface area contributed by atoms with Gasteiger partial charge in [0.2, 0.25) is 0 Å². The first-order chi connectivity index (χ1) is 12.6. The maximum Gasteiger partial charge on any atom is 0.164 e. The molecule has 0 atom stereocenters. The van der Waals surface area contributed by atoms with Crippen LogP contribution < -0.4 is 16.2 Å². The number of likely N-dealkylation sites (tertiary alicyclic amines) is 1. The molecule has 1 aromatic carbocycles. The predicted molar refractivity (Wildman–Crippen MR) is 102 cm³/mol. The number of rotatable bonds is 3. The van der Waals surface area contributed by atoms with Crippen molar-refractivity contribution in [3.05, 3.63) is 24.5 Å². The first kappa shape index (κ1) is 16.6. The van der Waals surface area contributed by atoms with E-state index >= 15 is 0 Å². The number of nitrogens with two attached hydrogens (primary N) is 2. The number of hydrogen-bond donors (Lipinski definition) is 2. The highest BCUT2D eigenvalue weighted by Crippen LogP contribution is 2.36. The molecular formula is C18H23N7O. The molecule has 1 saturated heterocycles. The van der Waals surface area contributed by atoms with Crippen molar-refractivity contribution in [1.29, 1.82) is 0 Å². The summed E-state index contributed by atoms with van der Waals surface area (Å²) in [5.41, 5.74) is 15.1. The number of benzene rings is 1. The maximum absolute atomic E-state index is 6.19. The fraction of sp³-hybridized carbons (Fsp3) is 0.389. The number of ether oxygens (including phenoxy) is 1. The molecule has 8 nitrogen and oxygen atoms in total. The van der Waals surface area contributed by atoms with Crippen molar-refractivity contribution < 1.29 is 4.74 Å². The molecule has 0 saturated carbocycles. The molecule has 0 radical (unpaired) electrons. The number of aromatic nitrogens is 4. The molecule has 0 aliphatic carbocycles. The molecule has 0 amide bonds. The first-order valence-corrected chi connectivity index (χ1v) is 8.69. The highest BCUT2D eigenvalue weighted by Gasteiger charge is 2.25. The van der Waals surface area contributed by atoms with Crippen LogP contribution in [0.3, 0.4) is 0 Å². The van der Waals surface area contributed by atoms with E-state index in [1.807, 2.05) is 22.9 Å². The van der Waals surface area contributed by atoms with Crippen LogP contribution >= 0.6 is 0 Å². The Bertz CT molecular complexity index is 944. The van der Waals surface area contributed by atoms with E-state index in [-0.39, 0.29) is 0 Å². The Morgan fingerprint density at radius 3 is 2.65 bits per heavy atom. The van der Waals surface area contributed by atoms with Gasteiger partial charge < -0.3 is 21.1 Å². The van der Waals surface area contributed by atoms with E-state index in [4.69, 9.17) is 21.3 Å². The second kappa shape index (κ2) is 6.45. The van der Waals surface area contributed by atoms with Gasteiger partial charge in [-0.3, -0.25) is 0 Å². The van der Waals surface area contributed by atoms with Gasteiger partial charge in [0, 0.05) is 5.56 Å². The zero-order chi connectivity index (χ0) is 18.3. The lowest BCUT2D eigenvalue weighted by molar-refractivity contribution is 0.215. The number of methoxy groups -OCH3 is 1. The number of piperidine rings is 1. The highest BCUT2D eigenvalue weighted by molar-refractivity contribution is 5.98. The van der Waals surface area contributed by atoms with Crippen LogP contribution in [0.25, 0.3) is 22.3 Å². The lowest BCUT2D eigenvalue weighted by Crippen LogP contribution is -2.31. The Labute approximate surface area is 151 Å². The number of nitrogen functional groups attached to an aromatic ring is 2. The SMILES string of the molecule is COc1cc(-c2nn(C3CCN(C)CC3)c3ncnc(N)c23)ccc1N. The third kappa shape index (κ3) is 2.72. The largest absolute Gasteiger partial charge is 0.495 e. The monoisotopic (exact) mass is 353 g/mol. The summed E-state index contributed by atoms with van der Waals surface area (Å²) in [6, 6.07) is 5.91. The van der Waals surface area contributed by atoms with Gasteiger partial charge in [-0.15, -0.1) is 0 Å². The van der Waals surface area contributed by atoms with E-state index in [0.717, 1.165) is 48.2 Å². The summed E-state index contributed by atoms with van der Waals surface area (Å²) >= 11 is 0. The van der Waals surface area contributed by atoms with E-state index in [2.05, 4.69) is 21.9 Å². The number of nitrogens with zero attached hydrogens (tertiary/aromatic N) is 5. The average molecular weight is 353 g/mol. The summed E-state index contributed by atoms with van der Waals surface area (Å²) in [5.74, 6) is 1.04. The van der Waals surface area contributed by atoms with Crippen molar-refractivity contribution in [3.8, 4) is 17.0 Å². The van der Waals surface area contributed by atoms with Gasteiger partial charge in [-0.05, 0) is 45.1 Å². The molecule has 26 heavy (non-hydrogen) atoms. The van der Waals surface area contributed by atoms with Crippen LogP contribution in [0.1, 0.15) is 18.9 Å². The zero-order valence-electron chi connectivity index (χ0n) is 15.0. The zero-order valence-corrected chi connectivity index (χ0v) is 15.0. The van der Waals surface area contributed by atoms with Gasteiger partial charge in [0.1, 0.15) is 23.6 Å². The van der Waals surface area contributed by atoms with Crippen LogP contribution in [-0.2, 0) is 0 Å². The number of hydrogen-bond acceptors (Lipinski definition) is 7. The molecule has 4 N–H and O–H groups in total. The van der Waals surface area contributed by atoms with Crippen LogP contribution in [-0.4, -0.2) is 51.9 Å². The van der Waals surface area contributed by atoms with E-state index in [1.54, 1.807) is 7.11 Å². The van der Waals surface area contributed by atoms with Crippen LogP contribution in [0.15, 0.2) is 24.5 Å². The molecule has 0 bridgehead atoms. The fourth-order valence-corrected chi connectivity index (χ4v) is 3.55. The molecule has 136 valence electrons. The van der Waals surface area contributed by atoms with E-state index in [9.17, 15) is 0 Å². The molecule has 0 unspecified atom stereocenters. The Balaban J connectivity index is 1.87. The first-order valence-electron chi connectivity index (χ1n) is 8.69. The van der Waals surface area contributed by atoms with Gasteiger partial charge in [-0.25, -0.2) is 14.6 Å². The third-order valence-electron chi connectivity index (χ3n) is 5.06. The molecule has 1 fully saturated rings. The lowest BCUT2D eigenvalue weighted by Gasteiger charge is -2.29. The lowest BCUT2D eigenvalue weighted by atomic mass is 10.1. The smallest absolute Gasteiger partial charge is 0.164 e. The van der Waals surface area contributed by atoms with Gasteiger partial charge in [0.15, 0.2) is 5.65 Å². The summed E-state index contributed by atoms with van der Waals surface area (Å²) in [7, 11) is 3.74. The van der Waals surface area contributed by atoms with Crippen molar-refractivity contribution in [2.45, 2.75) is 18.9 Å². The van der Waals surface area contributed by atoms with Gasteiger partial charge in [-0.2, -0.15) is 5.10 Å². The van der Waals surface area contributed by atoms with Crippen LogP contribution in [0.4, 0.5) is 11.5 Å². The Morgan fingerprint density at radius 2 is 1.92 bits per heavy atom. The summed E-state index contributed by atoms with van der Waals surface area (Å²) in [6.45, 7) is 2.08. The molecule has 2 aromatic heterocycles. The van der Waals surface area contributed by atoms with Gasteiger partial charge >= 0.3 is 0 Å². The third-order valence-corrected chi connectivity index (χ3v) is 5.06.